The van der Waals surface area contributed by atoms with Crippen molar-refractivity contribution < 1.29 is 12.8 Å². The maximum Gasteiger partial charge on any atom is 0.190 e. The minimum absolute atomic E-state index is 0.169. The fourth-order valence-electron chi connectivity index (χ4n) is 2.49. The van der Waals surface area contributed by atoms with Gasteiger partial charge in [-0.3, -0.25) is 4.99 Å². The zero-order chi connectivity index (χ0) is 17.4. The molecule has 0 aliphatic carbocycles. The second-order valence-electron chi connectivity index (χ2n) is 5.80. The molecule has 0 radical (unpaired) electrons. The van der Waals surface area contributed by atoms with Gasteiger partial charge in [-0.1, -0.05) is 0 Å². The first-order chi connectivity index (χ1) is 11.5. The molecule has 0 amide bonds. The molecule has 24 heavy (non-hydrogen) atoms. The highest BCUT2D eigenvalue weighted by Gasteiger charge is 2.27. The zero-order valence-electron chi connectivity index (χ0n) is 13.8. The molecule has 134 valence electrons. The lowest BCUT2D eigenvalue weighted by Gasteiger charge is -2.14. The molecule has 1 saturated heterocycles. The third-order valence-electron chi connectivity index (χ3n) is 3.80. The van der Waals surface area contributed by atoms with E-state index in [1.165, 1.54) is 12.1 Å². The van der Waals surface area contributed by atoms with Crippen LogP contribution in [0.5, 0.6) is 0 Å². The van der Waals surface area contributed by atoms with Crippen LogP contribution in [0.15, 0.2) is 34.2 Å². The quantitative estimate of drug-likeness (QED) is 0.331. The molecule has 0 spiro atoms. The minimum Gasteiger partial charge on any atom is -0.356 e. The molecule has 5 nitrogen and oxygen atoms in total. The van der Waals surface area contributed by atoms with Gasteiger partial charge in [0.25, 0.3) is 0 Å². The highest BCUT2D eigenvalue weighted by atomic mass is 32.2. The van der Waals surface area contributed by atoms with Crippen LogP contribution in [0.4, 0.5) is 4.39 Å². The molecule has 1 fully saturated rings. The predicted molar refractivity (Wildman–Crippen MR) is 97.9 cm³/mol. The summed E-state index contributed by atoms with van der Waals surface area (Å²) in [5.74, 6) is 2.15. The van der Waals surface area contributed by atoms with Crippen LogP contribution in [0.25, 0.3) is 0 Å². The van der Waals surface area contributed by atoms with Crippen molar-refractivity contribution in [3.8, 4) is 0 Å². The summed E-state index contributed by atoms with van der Waals surface area (Å²) in [6.45, 7) is 1.40. The molecule has 1 aromatic carbocycles. The maximum atomic E-state index is 12.8. The van der Waals surface area contributed by atoms with Gasteiger partial charge in [-0.05, 0) is 48.8 Å². The molecule has 8 heteroatoms. The number of benzene rings is 1. The molecule has 1 heterocycles. The van der Waals surface area contributed by atoms with Gasteiger partial charge < -0.3 is 10.6 Å². The van der Waals surface area contributed by atoms with Crippen LogP contribution in [0.3, 0.4) is 0 Å². The Hall–Kier alpha value is -1.28. The van der Waals surface area contributed by atoms with Gasteiger partial charge in [0.2, 0.25) is 0 Å². The lowest BCUT2D eigenvalue weighted by Crippen LogP contribution is -2.40. The molecule has 0 bridgehead atoms. The van der Waals surface area contributed by atoms with Gasteiger partial charge in [0.1, 0.15) is 5.82 Å². The average Bonchev–Trinajstić information content (AvgIpc) is 2.91. The molecular weight excluding hydrogens is 349 g/mol. The van der Waals surface area contributed by atoms with E-state index >= 15 is 0 Å². The molecule has 0 aromatic heterocycles. The van der Waals surface area contributed by atoms with E-state index in [0.717, 1.165) is 30.0 Å². The smallest absolute Gasteiger partial charge is 0.190 e. The highest BCUT2D eigenvalue weighted by molar-refractivity contribution is 7.99. The lowest BCUT2D eigenvalue weighted by atomic mass is 10.1. The highest BCUT2D eigenvalue weighted by Crippen LogP contribution is 2.18. The number of halogens is 1. The Kier molecular flexibility index (Phi) is 7.36. The van der Waals surface area contributed by atoms with Gasteiger partial charge in [-0.25, -0.2) is 12.8 Å². The Morgan fingerprint density at radius 1 is 1.33 bits per heavy atom. The van der Waals surface area contributed by atoms with Crippen LogP contribution in [-0.2, 0) is 9.84 Å². The average molecular weight is 374 g/mol. The van der Waals surface area contributed by atoms with E-state index in [1.807, 2.05) is 0 Å². The number of aliphatic imine (C=N–C) groups is 1. The molecule has 1 aliphatic heterocycles. The number of hydrogen-bond acceptors (Lipinski definition) is 4. The van der Waals surface area contributed by atoms with Crippen LogP contribution in [0, 0.1) is 11.7 Å². The summed E-state index contributed by atoms with van der Waals surface area (Å²) in [5, 5.41) is 6.42. The monoisotopic (exact) mass is 373 g/mol. The number of nitrogens with zero attached hydrogens (tertiary/aromatic N) is 1. The molecule has 2 rings (SSSR count). The fraction of sp³-hybridized carbons (Fsp3) is 0.562. The Labute approximate surface area is 147 Å². The summed E-state index contributed by atoms with van der Waals surface area (Å²) in [6.07, 6.45) is 1.67. The third-order valence-corrected chi connectivity index (χ3v) is 6.74. The van der Waals surface area contributed by atoms with Crippen molar-refractivity contribution in [2.75, 3.05) is 37.4 Å². The van der Waals surface area contributed by atoms with Crippen molar-refractivity contribution in [3.63, 3.8) is 0 Å². The van der Waals surface area contributed by atoms with Gasteiger partial charge in [-0.2, -0.15) is 0 Å². The van der Waals surface area contributed by atoms with Crippen LogP contribution < -0.4 is 10.6 Å². The summed E-state index contributed by atoms with van der Waals surface area (Å²) in [4.78, 5) is 5.20. The van der Waals surface area contributed by atoms with Crippen molar-refractivity contribution >= 4 is 27.6 Å². The van der Waals surface area contributed by atoms with Crippen LogP contribution in [0.1, 0.15) is 12.8 Å². The standard InChI is InChI=1S/C16H24FN3O2S2/c1-18-16(20-11-13-7-10-24(21,22)12-13)19-8-2-9-23-15-5-3-14(17)4-6-15/h3-6,13H,2,7-12H2,1H3,(H2,18,19,20). The molecule has 1 atom stereocenters. The van der Waals surface area contributed by atoms with E-state index < -0.39 is 9.84 Å². The number of rotatable bonds is 7. The summed E-state index contributed by atoms with van der Waals surface area (Å²) in [7, 11) is -1.13. The molecule has 0 saturated carbocycles. The number of sulfone groups is 1. The lowest BCUT2D eigenvalue weighted by molar-refractivity contribution is 0.567. The largest absolute Gasteiger partial charge is 0.356 e. The zero-order valence-corrected chi connectivity index (χ0v) is 15.4. The van der Waals surface area contributed by atoms with Gasteiger partial charge in [-0.15, -0.1) is 11.8 Å². The van der Waals surface area contributed by atoms with Crippen molar-refractivity contribution in [2.45, 2.75) is 17.7 Å². The first-order valence-electron chi connectivity index (χ1n) is 8.02. The Balaban J connectivity index is 1.59. The first kappa shape index (κ1) is 19.1. The molecular formula is C16H24FN3O2S2. The van der Waals surface area contributed by atoms with Crippen molar-refractivity contribution in [3.05, 3.63) is 30.1 Å². The van der Waals surface area contributed by atoms with Crippen molar-refractivity contribution in [1.29, 1.82) is 0 Å². The number of hydrogen-bond donors (Lipinski definition) is 2. The van der Waals surface area contributed by atoms with Gasteiger partial charge in [0.05, 0.1) is 11.5 Å². The van der Waals surface area contributed by atoms with Crippen LogP contribution >= 0.6 is 11.8 Å². The number of nitrogens with one attached hydrogen (secondary N) is 2. The van der Waals surface area contributed by atoms with Crippen LogP contribution in [0.2, 0.25) is 0 Å². The van der Waals surface area contributed by atoms with E-state index in [0.29, 0.717) is 18.3 Å². The molecule has 1 unspecified atom stereocenters. The van der Waals surface area contributed by atoms with E-state index in [9.17, 15) is 12.8 Å². The van der Waals surface area contributed by atoms with E-state index in [1.54, 1.807) is 30.9 Å². The van der Waals surface area contributed by atoms with Crippen molar-refractivity contribution in [2.24, 2.45) is 10.9 Å². The maximum absolute atomic E-state index is 12.8. The predicted octanol–water partition coefficient (Wildman–Crippen LogP) is 1.91. The Bertz CT molecular complexity index is 648. The Morgan fingerprint density at radius 2 is 2.08 bits per heavy atom. The number of thioether (sulfide) groups is 1. The number of guanidine groups is 1. The SMILES string of the molecule is CN=C(NCCCSc1ccc(F)cc1)NCC1CCS(=O)(=O)C1. The van der Waals surface area contributed by atoms with Gasteiger partial charge in [0.15, 0.2) is 15.8 Å². The molecule has 1 aromatic rings. The Morgan fingerprint density at radius 3 is 2.71 bits per heavy atom. The van der Waals surface area contributed by atoms with E-state index in [4.69, 9.17) is 0 Å². The second-order valence-corrected chi connectivity index (χ2v) is 9.20. The second kappa shape index (κ2) is 9.27. The normalized spacial score (nSPS) is 20.1. The third kappa shape index (κ3) is 6.68. The first-order valence-corrected chi connectivity index (χ1v) is 10.8. The summed E-state index contributed by atoms with van der Waals surface area (Å²) < 4.78 is 35.7. The molecule has 2 N–H and O–H groups in total. The van der Waals surface area contributed by atoms with Gasteiger partial charge in [0, 0.05) is 25.0 Å². The summed E-state index contributed by atoms with van der Waals surface area (Å²) in [5.41, 5.74) is 0. The molecule has 1 aliphatic rings. The topological polar surface area (TPSA) is 70.6 Å². The van der Waals surface area contributed by atoms with Crippen molar-refractivity contribution in [1.82, 2.24) is 10.6 Å². The fourth-order valence-corrected chi connectivity index (χ4v) is 5.21. The van der Waals surface area contributed by atoms with Crippen LogP contribution in [-0.4, -0.2) is 51.8 Å². The minimum atomic E-state index is -2.83. The van der Waals surface area contributed by atoms with E-state index in [-0.39, 0.29) is 17.5 Å². The summed E-state index contributed by atoms with van der Waals surface area (Å²) >= 11 is 1.69. The summed E-state index contributed by atoms with van der Waals surface area (Å²) in [6, 6.07) is 6.50. The van der Waals surface area contributed by atoms with Gasteiger partial charge >= 0.3 is 0 Å². The van der Waals surface area contributed by atoms with E-state index in [2.05, 4.69) is 15.6 Å².